The fourth-order valence-electron chi connectivity index (χ4n) is 1.68. The number of aryl methyl sites for hydroxylation is 1. The van der Waals surface area contributed by atoms with Gasteiger partial charge < -0.3 is 4.74 Å². The molecule has 0 aliphatic rings. The topological polar surface area (TPSA) is 55.4 Å². The monoisotopic (exact) mass is 295 g/mol. The van der Waals surface area contributed by atoms with E-state index in [0.717, 1.165) is 6.07 Å². The molecular formula is C14H14FNO3S. The summed E-state index contributed by atoms with van der Waals surface area (Å²) in [5.41, 5.74) is 0.657. The maximum Gasteiger partial charge on any atom is 0.261 e. The van der Waals surface area contributed by atoms with E-state index in [4.69, 9.17) is 4.74 Å². The summed E-state index contributed by atoms with van der Waals surface area (Å²) >= 11 is 0. The van der Waals surface area contributed by atoms with Gasteiger partial charge in [-0.15, -0.1) is 0 Å². The molecule has 0 radical (unpaired) electrons. The van der Waals surface area contributed by atoms with Crippen molar-refractivity contribution in [2.75, 3.05) is 11.8 Å². The van der Waals surface area contributed by atoms with Gasteiger partial charge >= 0.3 is 0 Å². The van der Waals surface area contributed by atoms with Crippen LogP contribution in [-0.4, -0.2) is 15.5 Å². The molecule has 2 rings (SSSR count). The first-order valence-electron chi connectivity index (χ1n) is 5.85. The highest BCUT2D eigenvalue weighted by Gasteiger charge is 2.15. The van der Waals surface area contributed by atoms with Gasteiger partial charge in [0.2, 0.25) is 0 Å². The van der Waals surface area contributed by atoms with Crippen molar-refractivity contribution >= 4 is 15.7 Å². The van der Waals surface area contributed by atoms with Gasteiger partial charge in [0, 0.05) is 6.07 Å². The second-order valence-electron chi connectivity index (χ2n) is 4.25. The lowest BCUT2D eigenvalue weighted by atomic mass is 10.2. The third-order valence-electron chi connectivity index (χ3n) is 2.76. The van der Waals surface area contributed by atoms with E-state index in [9.17, 15) is 12.8 Å². The molecule has 0 fully saturated rings. The highest BCUT2D eigenvalue weighted by atomic mass is 32.2. The molecule has 106 valence electrons. The molecule has 1 N–H and O–H groups in total. The molecule has 0 aliphatic heterocycles. The molecule has 0 amide bonds. The van der Waals surface area contributed by atoms with Crippen molar-refractivity contribution < 1.29 is 17.5 Å². The van der Waals surface area contributed by atoms with Crippen LogP contribution in [0.2, 0.25) is 0 Å². The molecule has 0 spiro atoms. The second kappa shape index (κ2) is 5.50. The van der Waals surface area contributed by atoms with Crippen molar-refractivity contribution in [1.82, 2.24) is 0 Å². The molecule has 0 saturated carbocycles. The maximum atomic E-state index is 13.2. The van der Waals surface area contributed by atoms with E-state index in [1.165, 1.54) is 26.2 Å². The third-order valence-corrected chi connectivity index (χ3v) is 4.14. The van der Waals surface area contributed by atoms with Gasteiger partial charge in [-0.3, -0.25) is 4.72 Å². The van der Waals surface area contributed by atoms with Crippen LogP contribution in [0.4, 0.5) is 10.1 Å². The lowest BCUT2D eigenvalue weighted by Crippen LogP contribution is -2.13. The number of anilines is 1. The molecule has 2 aromatic carbocycles. The van der Waals surface area contributed by atoms with Crippen molar-refractivity contribution in [1.29, 1.82) is 0 Å². The Kier molecular flexibility index (Phi) is 3.94. The standard InChI is InChI=1S/C14H14FNO3S/c1-10-8-13(6-7-14(10)15)20(17,18)16-11-4-3-5-12(9-11)19-2/h3-9,16H,1-2H3. The zero-order valence-electron chi connectivity index (χ0n) is 11.1. The third kappa shape index (κ3) is 3.08. The molecule has 6 heteroatoms. The molecule has 4 nitrogen and oxygen atoms in total. The summed E-state index contributed by atoms with van der Waals surface area (Å²) in [4.78, 5) is 0.0132. The van der Waals surface area contributed by atoms with Crippen LogP contribution in [0.1, 0.15) is 5.56 Å². The Labute approximate surface area is 117 Å². The van der Waals surface area contributed by atoms with Gasteiger partial charge in [-0.25, -0.2) is 12.8 Å². The fourth-order valence-corrected chi connectivity index (χ4v) is 2.82. The molecule has 20 heavy (non-hydrogen) atoms. The van der Waals surface area contributed by atoms with E-state index in [0.29, 0.717) is 11.4 Å². The predicted molar refractivity (Wildman–Crippen MR) is 74.9 cm³/mol. The van der Waals surface area contributed by atoms with Crippen molar-refractivity contribution in [2.24, 2.45) is 0 Å². The summed E-state index contributed by atoms with van der Waals surface area (Å²) in [5.74, 6) is 0.103. The Bertz CT molecular complexity index is 729. The van der Waals surface area contributed by atoms with E-state index < -0.39 is 15.8 Å². The number of hydrogen-bond acceptors (Lipinski definition) is 3. The van der Waals surface area contributed by atoms with Crippen LogP contribution in [0.15, 0.2) is 47.4 Å². The fraction of sp³-hybridized carbons (Fsp3) is 0.143. The minimum absolute atomic E-state index is 0.0132. The van der Waals surface area contributed by atoms with Gasteiger partial charge in [0.25, 0.3) is 10.0 Å². The normalized spacial score (nSPS) is 11.2. The summed E-state index contributed by atoms with van der Waals surface area (Å²) in [6, 6.07) is 10.2. The lowest BCUT2D eigenvalue weighted by Gasteiger charge is -2.10. The number of hydrogen-bond donors (Lipinski definition) is 1. The second-order valence-corrected chi connectivity index (χ2v) is 5.93. The van der Waals surface area contributed by atoms with E-state index in [1.807, 2.05) is 0 Å². The van der Waals surface area contributed by atoms with Crippen molar-refractivity contribution in [3.05, 3.63) is 53.8 Å². The van der Waals surface area contributed by atoms with Gasteiger partial charge in [0.05, 0.1) is 17.7 Å². The highest BCUT2D eigenvalue weighted by molar-refractivity contribution is 7.92. The Balaban J connectivity index is 2.32. The minimum atomic E-state index is -3.75. The lowest BCUT2D eigenvalue weighted by molar-refractivity contribution is 0.415. The van der Waals surface area contributed by atoms with Gasteiger partial charge in [-0.2, -0.15) is 0 Å². The maximum absolute atomic E-state index is 13.2. The van der Waals surface area contributed by atoms with Crippen LogP contribution in [0.25, 0.3) is 0 Å². The molecule has 0 saturated heterocycles. The number of methoxy groups -OCH3 is 1. The largest absolute Gasteiger partial charge is 0.497 e. The first-order chi connectivity index (χ1) is 9.42. The Morgan fingerprint density at radius 3 is 2.55 bits per heavy atom. The van der Waals surface area contributed by atoms with Crippen LogP contribution in [0.3, 0.4) is 0 Å². The van der Waals surface area contributed by atoms with Gasteiger partial charge in [0.1, 0.15) is 11.6 Å². The summed E-state index contributed by atoms with van der Waals surface area (Å²) in [7, 11) is -2.25. The molecule has 0 bridgehead atoms. The summed E-state index contributed by atoms with van der Waals surface area (Å²) in [6.07, 6.45) is 0. The zero-order chi connectivity index (χ0) is 14.8. The Hall–Kier alpha value is -2.08. The van der Waals surface area contributed by atoms with Crippen molar-refractivity contribution in [3.8, 4) is 5.75 Å². The molecule has 0 unspecified atom stereocenters. The summed E-state index contributed by atoms with van der Waals surface area (Å²) < 4.78 is 45.0. The number of benzene rings is 2. The molecule has 0 heterocycles. The van der Waals surface area contributed by atoms with E-state index in [1.54, 1.807) is 24.3 Å². The average Bonchev–Trinajstić information content (AvgIpc) is 2.41. The quantitative estimate of drug-likeness (QED) is 0.943. The number of nitrogens with one attached hydrogen (secondary N) is 1. The first-order valence-corrected chi connectivity index (χ1v) is 7.34. The zero-order valence-corrected chi connectivity index (χ0v) is 11.9. The predicted octanol–water partition coefficient (Wildman–Crippen LogP) is 2.94. The summed E-state index contributed by atoms with van der Waals surface area (Å²) in [5, 5.41) is 0. The number of halogens is 1. The highest BCUT2D eigenvalue weighted by Crippen LogP contribution is 2.21. The number of sulfonamides is 1. The van der Waals surface area contributed by atoms with Crippen molar-refractivity contribution in [3.63, 3.8) is 0 Å². The first kappa shape index (κ1) is 14.3. The average molecular weight is 295 g/mol. The van der Waals surface area contributed by atoms with Crippen LogP contribution in [-0.2, 0) is 10.0 Å². The van der Waals surface area contributed by atoms with E-state index >= 15 is 0 Å². The minimum Gasteiger partial charge on any atom is -0.497 e. The number of rotatable bonds is 4. The SMILES string of the molecule is COc1cccc(NS(=O)(=O)c2ccc(F)c(C)c2)c1. The molecule has 0 aliphatic carbocycles. The van der Waals surface area contributed by atoms with Crippen LogP contribution >= 0.6 is 0 Å². The van der Waals surface area contributed by atoms with Crippen LogP contribution in [0, 0.1) is 12.7 Å². The van der Waals surface area contributed by atoms with Crippen LogP contribution in [0.5, 0.6) is 5.75 Å². The molecule has 2 aromatic rings. The Morgan fingerprint density at radius 1 is 1.15 bits per heavy atom. The molecule has 0 aromatic heterocycles. The molecular weight excluding hydrogens is 281 g/mol. The smallest absolute Gasteiger partial charge is 0.261 e. The van der Waals surface area contributed by atoms with Crippen LogP contribution < -0.4 is 9.46 Å². The van der Waals surface area contributed by atoms with Gasteiger partial charge in [-0.05, 0) is 42.8 Å². The Morgan fingerprint density at radius 2 is 1.90 bits per heavy atom. The van der Waals surface area contributed by atoms with E-state index in [-0.39, 0.29) is 10.5 Å². The van der Waals surface area contributed by atoms with Gasteiger partial charge in [-0.1, -0.05) is 6.07 Å². The molecule has 0 atom stereocenters. The van der Waals surface area contributed by atoms with Gasteiger partial charge in [0.15, 0.2) is 0 Å². The van der Waals surface area contributed by atoms with E-state index in [2.05, 4.69) is 4.72 Å². The van der Waals surface area contributed by atoms with Crippen molar-refractivity contribution in [2.45, 2.75) is 11.8 Å². The number of ether oxygens (including phenoxy) is 1. The summed E-state index contributed by atoms with van der Waals surface area (Å²) in [6.45, 7) is 1.51.